The molecule has 0 amide bonds. The molecule has 0 aliphatic rings. The number of nitrogens with zero attached hydrogens (tertiary/aromatic N) is 3. The highest BCUT2D eigenvalue weighted by Crippen LogP contribution is 2.41. The van der Waals surface area contributed by atoms with E-state index in [1.54, 1.807) is 31.5 Å². The fraction of sp³-hybridized carbons (Fsp3) is 0.0952. The fourth-order valence-corrected chi connectivity index (χ4v) is 3.77. The van der Waals surface area contributed by atoms with E-state index in [-0.39, 0.29) is 27.2 Å². The summed E-state index contributed by atoms with van der Waals surface area (Å²) >= 11 is 12.3. The molecule has 0 fully saturated rings. The normalized spacial score (nSPS) is 12.0. The zero-order valence-electron chi connectivity index (χ0n) is 15.5. The number of nitriles is 1. The molecule has 1 aromatic carbocycles. The molecule has 30 heavy (non-hydrogen) atoms. The second-order valence-corrected chi connectivity index (χ2v) is 7.21. The minimum absolute atomic E-state index is 0.0943. The van der Waals surface area contributed by atoms with E-state index in [0.717, 1.165) is 5.56 Å². The first-order chi connectivity index (χ1) is 14.4. The largest absolute Gasteiger partial charge is 0.478 e. The van der Waals surface area contributed by atoms with Crippen molar-refractivity contribution in [2.45, 2.75) is 13.0 Å². The quantitative estimate of drug-likeness (QED) is 0.393. The number of hydrogen-bond donors (Lipinski definition) is 1. The number of anilines is 1. The van der Waals surface area contributed by atoms with Crippen molar-refractivity contribution in [3.63, 3.8) is 0 Å². The van der Waals surface area contributed by atoms with Crippen LogP contribution in [0, 0.1) is 17.1 Å². The van der Waals surface area contributed by atoms with Crippen molar-refractivity contribution in [2.75, 3.05) is 5.73 Å². The van der Waals surface area contributed by atoms with E-state index in [0.29, 0.717) is 22.2 Å². The smallest absolute Gasteiger partial charge is 0.205 e. The van der Waals surface area contributed by atoms with E-state index in [1.165, 1.54) is 18.4 Å². The monoisotopic (exact) mass is 442 g/mol. The predicted octanol–water partition coefficient (Wildman–Crippen LogP) is 5.93. The van der Waals surface area contributed by atoms with Crippen LogP contribution in [-0.4, -0.2) is 9.97 Å². The van der Waals surface area contributed by atoms with Gasteiger partial charge in [0.1, 0.15) is 23.7 Å². The third-order valence-electron chi connectivity index (χ3n) is 4.57. The Kier molecular flexibility index (Phi) is 5.20. The van der Waals surface area contributed by atoms with Gasteiger partial charge in [-0.1, -0.05) is 23.2 Å². The van der Waals surface area contributed by atoms with Crippen LogP contribution >= 0.6 is 23.2 Å². The molecule has 3 aromatic heterocycles. The average molecular weight is 443 g/mol. The Morgan fingerprint density at radius 2 is 2.00 bits per heavy atom. The number of aromatic nitrogens is 2. The van der Waals surface area contributed by atoms with Crippen LogP contribution in [0.4, 0.5) is 10.2 Å². The zero-order chi connectivity index (χ0) is 21.4. The molecule has 0 aliphatic heterocycles. The van der Waals surface area contributed by atoms with Gasteiger partial charge in [-0.2, -0.15) is 5.26 Å². The maximum Gasteiger partial charge on any atom is 0.205 e. The third kappa shape index (κ3) is 3.41. The van der Waals surface area contributed by atoms with Crippen molar-refractivity contribution in [3.8, 4) is 22.9 Å². The molecule has 0 spiro atoms. The van der Waals surface area contributed by atoms with Crippen molar-refractivity contribution < 1.29 is 13.5 Å². The molecule has 9 heteroatoms. The Bertz CT molecular complexity index is 1300. The van der Waals surface area contributed by atoms with Gasteiger partial charge in [0.25, 0.3) is 0 Å². The van der Waals surface area contributed by atoms with Gasteiger partial charge >= 0.3 is 0 Å². The van der Waals surface area contributed by atoms with Gasteiger partial charge in [-0.25, -0.2) is 14.4 Å². The van der Waals surface area contributed by atoms with Crippen LogP contribution in [-0.2, 0) is 0 Å². The first kappa shape index (κ1) is 20.0. The summed E-state index contributed by atoms with van der Waals surface area (Å²) in [5.41, 5.74) is 8.40. The van der Waals surface area contributed by atoms with E-state index < -0.39 is 11.9 Å². The summed E-state index contributed by atoms with van der Waals surface area (Å²) in [5, 5.41) is 9.68. The highest BCUT2D eigenvalue weighted by Gasteiger charge is 2.23. The second-order valence-electron chi connectivity index (χ2n) is 6.43. The van der Waals surface area contributed by atoms with Crippen LogP contribution in [0.25, 0.3) is 22.1 Å². The van der Waals surface area contributed by atoms with E-state index in [9.17, 15) is 4.39 Å². The number of benzene rings is 1. The second kappa shape index (κ2) is 7.82. The van der Waals surface area contributed by atoms with Crippen LogP contribution in [0.3, 0.4) is 0 Å². The van der Waals surface area contributed by atoms with Gasteiger partial charge < -0.3 is 14.9 Å². The lowest BCUT2D eigenvalue weighted by Gasteiger charge is -2.18. The summed E-state index contributed by atoms with van der Waals surface area (Å²) in [7, 11) is 0. The highest BCUT2D eigenvalue weighted by molar-refractivity contribution is 6.36. The molecular weight excluding hydrogens is 430 g/mol. The number of nitrogens with two attached hydrogens (primary N) is 1. The number of fused-ring (bicyclic) bond motifs is 1. The molecule has 4 aromatic rings. The summed E-state index contributed by atoms with van der Waals surface area (Å²) in [4.78, 5) is 8.26. The molecule has 0 radical (unpaired) electrons. The summed E-state index contributed by atoms with van der Waals surface area (Å²) in [6, 6.07) is 7.92. The van der Waals surface area contributed by atoms with Crippen LogP contribution in [0.1, 0.15) is 24.3 Å². The van der Waals surface area contributed by atoms with E-state index in [1.807, 2.05) is 6.07 Å². The van der Waals surface area contributed by atoms with Gasteiger partial charge in [-0.05, 0) is 31.2 Å². The van der Waals surface area contributed by atoms with Gasteiger partial charge in [0.15, 0.2) is 11.4 Å². The lowest BCUT2D eigenvalue weighted by Crippen LogP contribution is -2.08. The number of halogens is 3. The minimum atomic E-state index is -0.736. The van der Waals surface area contributed by atoms with E-state index in [4.69, 9.17) is 43.4 Å². The molecular formula is C21H13Cl2FN4O2. The zero-order valence-corrected chi connectivity index (χ0v) is 17.0. The summed E-state index contributed by atoms with van der Waals surface area (Å²) in [6.45, 7) is 1.67. The molecule has 0 saturated carbocycles. The molecule has 0 bridgehead atoms. The van der Waals surface area contributed by atoms with Crippen LogP contribution in [0.15, 0.2) is 47.3 Å². The van der Waals surface area contributed by atoms with Crippen molar-refractivity contribution in [2.24, 2.45) is 0 Å². The van der Waals surface area contributed by atoms with Crippen molar-refractivity contribution >= 4 is 40.0 Å². The molecule has 2 N–H and O–H groups in total. The molecule has 0 saturated heterocycles. The Morgan fingerprint density at radius 3 is 2.70 bits per heavy atom. The summed E-state index contributed by atoms with van der Waals surface area (Å²) in [6.07, 6.45) is 3.91. The van der Waals surface area contributed by atoms with Gasteiger partial charge in [0.05, 0.1) is 16.7 Å². The maximum atomic E-state index is 13.9. The van der Waals surface area contributed by atoms with Crippen LogP contribution in [0.2, 0.25) is 10.0 Å². The Labute approximate surface area is 180 Å². The lowest BCUT2D eigenvalue weighted by molar-refractivity contribution is 0.227. The van der Waals surface area contributed by atoms with Gasteiger partial charge in [0.2, 0.25) is 5.75 Å². The van der Waals surface area contributed by atoms with E-state index >= 15 is 0 Å². The Balaban J connectivity index is 1.77. The molecule has 3 heterocycles. The fourth-order valence-electron chi connectivity index (χ4n) is 3.09. The number of pyridine rings is 2. The van der Waals surface area contributed by atoms with Crippen LogP contribution < -0.4 is 10.5 Å². The first-order valence-electron chi connectivity index (χ1n) is 8.73. The molecule has 6 nitrogen and oxygen atoms in total. The summed E-state index contributed by atoms with van der Waals surface area (Å²) < 4.78 is 25.6. The first-order valence-corrected chi connectivity index (χ1v) is 9.48. The molecule has 0 aliphatic carbocycles. The highest BCUT2D eigenvalue weighted by atomic mass is 35.5. The van der Waals surface area contributed by atoms with Gasteiger partial charge in [-0.3, -0.25) is 0 Å². The van der Waals surface area contributed by atoms with Gasteiger partial charge in [-0.15, -0.1) is 0 Å². The van der Waals surface area contributed by atoms with Crippen molar-refractivity contribution in [1.29, 1.82) is 5.26 Å². The molecule has 4 rings (SSSR count). The standard InChI is InChI=1S/C21H13Cl2FN4O2/c1-10(17-15(22)4-5-16(24)18(17)23)30-20-19-13(8-28-21(20)26)14(9-29-19)11-2-3-12(6-25)27-7-11/h2-5,7-10H,1H3,(H2,26,28)/t10-/m1/s1. The number of nitrogen functional groups attached to an aromatic ring is 1. The average Bonchev–Trinajstić information content (AvgIpc) is 3.17. The number of furan rings is 1. The molecule has 0 unspecified atom stereocenters. The Morgan fingerprint density at radius 1 is 1.20 bits per heavy atom. The minimum Gasteiger partial charge on any atom is -0.478 e. The van der Waals surface area contributed by atoms with E-state index in [2.05, 4.69) is 9.97 Å². The SMILES string of the molecule is C[C@@H](Oc1c(N)ncc2c(-c3ccc(C#N)nc3)coc12)c1c(Cl)ccc(F)c1Cl. The number of hydrogen-bond acceptors (Lipinski definition) is 6. The number of rotatable bonds is 4. The molecule has 1 atom stereocenters. The maximum absolute atomic E-state index is 13.9. The van der Waals surface area contributed by atoms with Crippen molar-refractivity contribution in [3.05, 3.63) is 70.0 Å². The molecule has 150 valence electrons. The summed E-state index contributed by atoms with van der Waals surface area (Å²) in [5.74, 6) is -0.328. The van der Waals surface area contributed by atoms with Crippen molar-refractivity contribution in [1.82, 2.24) is 9.97 Å². The van der Waals surface area contributed by atoms with Gasteiger partial charge in [0, 0.05) is 34.1 Å². The number of ether oxygens (including phenoxy) is 1. The predicted molar refractivity (Wildman–Crippen MR) is 112 cm³/mol. The van der Waals surface area contributed by atoms with Crippen LogP contribution in [0.5, 0.6) is 5.75 Å². The third-order valence-corrected chi connectivity index (χ3v) is 5.28. The lowest BCUT2D eigenvalue weighted by atomic mass is 10.1. The topological polar surface area (TPSA) is 98.0 Å². The Hall–Kier alpha value is -3.34.